The molecule has 3 heterocycles. The highest BCUT2D eigenvalue weighted by Gasteiger charge is 2.35. The molecule has 3 aromatic rings. The normalized spacial score (nSPS) is 17.8. The molecule has 1 unspecified atom stereocenters. The van der Waals surface area contributed by atoms with Crippen molar-refractivity contribution in [1.29, 1.82) is 0 Å². The molecular weight excluding hydrogens is 460 g/mol. The Hall–Kier alpha value is -3.01. The lowest BCUT2D eigenvalue weighted by Gasteiger charge is -2.27. The van der Waals surface area contributed by atoms with Crippen molar-refractivity contribution < 1.29 is 17.6 Å². The molecule has 0 amide bonds. The Balaban J connectivity index is 1.66. The molecule has 188 valence electrons. The van der Waals surface area contributed by atoms with Gasteiger partial charge in [0.15, 0.2) is 5.82 Å². The van der Waals surface area contributed by atoms with Crippen LogP contribution in [0.2, 0.25) is 0 Å². The van der Waals surface area contributed by atoms with Gasteiger partial charge in [-0.25, -0.2) is 9.37 Å². The van der Waals surface area contributed by atoms with Crippen LogP contribution in [0.15, 0.2) is 30.5 Å². The van der Waals surface area contributed by atoms with E-state index in [0.717, 1.165) is 42.2 Å². The highest BCUT2D eigenvalue weighted by molar-refractivity contribution is 5.94. The molecule has 35 heavy (non-hydrogen) atoms. The molecule has 1 aliphatic rings. The summed E-state index contributed by atoms with van der Waals surface area (Å²) in [5.41, 5.74) is -0.706. The van der Waals surface area contributed by atoms with Crippen LogP contribution in [0.4, 0.5) is 29.2 Å². The lowest BCUT2D eigenvalue weighted by Crippen LogP contribution is -2.36. The highest BCUT2D eigenvalue weighted by atomic mass is 19.4. The summed E-state index contributed by atoms with van der Waals surface area (Å²) < 4.78 is 54.3. The molecule has 1 N–H and O–H groups in total. The maximum absolute atomic E-state index is 14.7. The van der Waals surface area contributed by atoms with Crippen molar-refractivity contribution in [2.24, 2.45) is 0 Å². The summed E-state index contributed by atoms with van der Waals surface area (Å²) in [7, 11) is 2.01. The van der Waals surface area contributed by atoms with Crippen LogP contribution < -0.4 is 10.2 Å². The second-order valence-electron chi connectivity index (χ2n) is 9.44. The van der Waals surface area contributed by atoms with Crippen molar-refractivity contribution in [3.8, 4) is 0 Å². The van der Waals surface area contributed by atoms with Gasteiger partial charge in [-0.2, -0.15) is 18.3 Å². The van der Waals surface area contributed by atoms with Gasteiger partial charge >= 0.3 is 6.18 Å². The molecule has 0 radical (unpaired) electrons. The number of rotatable bonds is 6. The standard InChI is InChI=1S/C25H30F4N6/c1-14(2)35-10-9-17(13-35)34(5)22-11-19-20(12-30-22)16(4)32-33-24(19)31-15(3)18-7-6-8-21(23(18)26)25(27,28)29/h6-8,11-12,14-15,17H,9-10,13H2,1-5H3,(H,31,33)/t15-,17?/m1/s1. The second kappa shape index (κ2) is 9.56. The average molecular weight is 491 g/mol. The fourth-order valence-corrected chi connectivity index (χ4v) is 4.59. The molecule has 0 saturated carbocycles. The second-order valence-corrected chi connectivity index (χ2v) is 9.44. The zero-order chi connectivity index (χ0) is 25.5. The van der Waals surface area contributed by atoms with Gasteiger partial charge < -0.3 is 10.2 Å². The summed E-state index contributed by atoms with van der Waals surface area (Å²) in [6, 6.07) is 5.21. The SMILES string of the molecule is Cc1nnc(N[C@H](C)c2cccc(C(F)(F)F)c2F)c2cc(N(C)C3CCN(C(C)C)C3)ncc12. The van der Waals surface area contributed by atoms with Crippen molar-refractivity contribution in [2.45, 2.75) is 58.4 Å². The number of likely N-dealkylation sites (N-methyl/N-ethyl adjacent to an activating group) is 1. The summed E-state index contributed by atoms with van der Waals surface area (Å²) in [5.74, 6) is -0.161. The van der Waals surface area contributed by atoms with Gasteiger partial charge in [0.25, 0.3) is 0 Å². The van der Waals surface area contributed by atoms with Gasteiger partial charge in [-0.15, -0.1) is 5.10 Å². The third-order valence-electron chi connectivity index (χ3n) is 6.82. The smallest absolute Gasteiger partial charge is 0.361 e. The molecule has 1 fully saturated rings. The van der Waals surface area contributed by atoms with E-state index in [9.17, 15) is 17.6 Å². The maximum Gasteiger partial charge on any atom is 0.419 e. The predicted molar refractivity (Wildman–Crippen MR) is 129 cm³/mol. The molecule has 0 bridgehead atoms. The van der Waals surface area contributed by atoms with Gasteiger partial charge in [-0.3, -0.25) is 4.90 Å². The molecule has 2 atom stereocenters. The van der Waals surface area contributed by atoms with Crippen molar-refractivity contribution in [1.82, 2.24) is 20.1 Å². The first-order valence-corrected chi connectivity index (χ1v) is 11.7. The fraction of sp³-hybridized carbons (Fsp3) is 0.480. The summed E-state index contributed by atoms with van der Waals surface area (Å²) in [6.45, 7) is 9.75. The first-order valence-electron chi connectivity index (χ1n) is 11.7. The number of nitrogens with zero attached hydrogens (tertiary/aromatic N) is 5. The van der Waals surface area contributed by atoms with Crippen LogP contribution in [0.25, 0.3) is 10.8 Å². The summed E-state index contributed by atoms with van der Waals surface area (Å²) in [5, 5.41) is 13.0. The average Bonchev–Trinajstić information content (AvgIpc) is 3.30. The zero-order valence-corrected chi connectivity index (χ0v) is 20.5. The van der Waals surface area contributed by atoms with Crippen LogP contribution in [0.5, 0.6) is 0 Å². The number of fused-ring (bicyclic) bond motifs is 1. The van der Waals surface area contributed by atoms with Gasteiger partial charge in [-0.05, 0) is 46.2 Å². The fourth-order valence-electron chi connectivity index (χ4n) is 4.59. The van der Waals surface area contributed by atoms with Crippen LogP contribution in [0.3, 0.4) is 0 Å². The number of hydrogen-bond donors (Lipinski definition) is 1. The Morgan fingerprint density at radius 1 is 1.14 bits per heavy atom. The molecule has 6 nitrogen and oxygen atoms in total. The van der Waals surface area contributed by atoms with Crippen molar-refractivity contribution >= 4 is 22.4 Å². The van der Waals surface area contributed by atoms with Crippen molar-refractivity contribution in [2.75, 3.05) is 30.4 Å². The van der Waals surface area contributed by atoms with Gasteiger partial charge in [-0.1, -0.05) is 12.1 Å². The monoisotopic (exact) mass is 490 g/mol. The molecule has 1 saturated heterocycles. The summed E-state index contributed by atoms with van der Waals surface area (Å²) in [4.78, 5) is 9.22. The van der Waals surface area contributed by atoms with E-state index in [1.165, 1.54) is 12.1 Å². The topological polar surface area (TPSA) is 57.2 Å². The van der Waals surface area contributed by atoms with E-state index in [2.05, 4.69) is 44.1 Å². The number of aryl methyl sites for hydroxylation is 1. The van der Waals surface area contributed by atoms with E-state index in [0.29, 0.717) is 23.6 Å². The summed E-state index contributed by atoms with van der Waals surface area (Å²) in [6.07, 6.45) is -2.01. The van der Waals surface area contributed by atoms with Gasteiger partial charge in [0.1, 0.15) is 11.6 Å². The Kier molecular flexibility index (Phi) is 6.86. The van der Waals surface area contributed by atoms with Gasteiger partial charge in [0.2, 0.25) is 0 Å². The molecule has 1 aromatic carbocycles. The van der Waals surface area contributed by atoms with E-state index < -0.39 is 23.6 Å². The Labute approximate surface area is 202 Å². The molecular formula is C25H30F4N6. The van der Waals surface area contributed by atoms with E-state index in [1.54, 1.807) is 13.1 Å². The molecule has 10 heteroatoms. The molecule has 0 spiro atoms. The first-order chi connectivity index (χ1) is 16.5. The lowest BCUT2D eigenvalue weighted by atomic mass is 10.0. The van der Waals surface area contributed by atoms with Crippen LogP contribution in [0.1, 0.15) is 50.1 Å². The van der Waals surface area contributed by atoms with E-state index in [-0.39, 0.29) is 5.56 Å². The van der Waals surface area contributed by atoms with Crippen LogP contribution in [0, 0.1) is 12.7 Å². The van der Waals surface area contributed by atoms with Crippen molar-refractivity contribution in [3.05, 3.63) is 53.1 Å². The van der Waals surface area contributed by atoms with E-state index in [1.807, 2.05) is 20.0 Å². The van der Waals surface area contributed by atoms with Gasteiger partial charge in [0, 0.05) is 54.8 Å². The van der Waals surface area contributed by atoms with E-state index in [4.69, 9.17) is 0 Å². The van der Waals surface area contributed by atoms with Crippen LogP contribution >= 0.6 is 0 Å². The number of benzene rings is 1. The Bertz CT molecular complexity index is 1210. The lowest BCUT2D eigenvalue weighted by molar-refractivity contribution is -0.140. The predicted octanol–water partition coefficient (Wildman–Crippen LogP) is 5.58. The number of hydrogen-bond acceptors (Lipinski definition) is 6. The van der Waals surface area contributed by atoms with Crippen molar-refractivity contribution in [3.63, 3.8) is 0 Å². The zero-order valence-electron chi connectivity index (χ0n) is 20.5. The molecule has 1 aliphatic heterocycles. The molecule has 4 rings (SSSR count). The largest absolute Gasteiger partial charge is 0.419 e. The molecule has 0 aliphatic carbocycles. The molecule has 2 aromatic heterocycles. The van der Waals surface area contributed by atoms with Crippen LogP contribution in [-0.4, -0.2) is 52.3 Å². The Morgan fingerprint density at radius 2 is 1.89 bits per heavy atom. The third kappa shape index (κ3) is 5.03. The number of alkyl halides is 3. The minimum atomic E-state index is -4.77. The highest BCUT2D eigenvalue weighted by Crippen LogP contribution is 2.35. The summed E-state index contributed by atoms with van der Waals surface area (Å²) >= 11 is 0. The Morgan fingerprint density at radius 3 is 2.54 bits per heavy atom. The van der Waals surface area contributed by atoms with Crippen LogP contribution in [-0.2, 0) is 6.18 Å². The number of likely N-dealkylation sites (tertiary alicyclic amines) is 1. The first kappa shape index (κ1) is 25.1. The number of nitrogens with one attached hydrogen (secondary N) is 1. The third-order valence-corrected chi connectivity index (χ3v) is 6.82. The number of anilines is 2. The van der Waals surface area contributed by atoms with E-state index >= 15 is 0 Å². The number of aromatic nitrogens is 3. The maximum atomic E-state index is 14.7. The van der Waals surface area contributed by atoms with Gasteiger partial charge in [0.05, 0.1) is 17.3 Å². The quantitative estimate of drug-likeness (QED) is 0.455. The minimum absolute atomic E-state index is 0.0959. The number of halogens is 4. The minimum Gasteiger partial charge on any atom is -0.361 e. The number of pyridine rings is 1.